The Bertz CT molecular complexity index is 560. The predicted molar refractivity (Wildman–Crippen MR) is 61.8 cm³/mol. The normalized spacial score (nSPS) is 10.8. The van der Waals surface area contributed by atoms with Crippen molar-refractivity contribution in [2.45, 2.75) is 13.8 Å². The van der Waals surface area contributed by atoms with Crippen LogP contribution in [0.2, 0.25) is 0 Å². The van der Waals surface area contributed by atoms with Crippen LogP contribution in [0.4, 0.5) is 0 Å². The largest absolute Gasteiger partial charge is 0.275 e. The molecule has 0 amide bonds. The van der Waals surface area contributed by atoms with Crippen molar-refractivity contribution in [2.75, 3.05) is 0 Å². The van der Waals surface area contributed by atoms with Crippen molar-refractivity contribution in [1.82, 2.24) is 19.4 Å². The maximum Gasteiger partial charge on any atom is 0.256 e. The molecule has 7 heteroatoms. The quantitative estimate of drug-likeness (QED) is 0.771. The minimum Gasteiger partial charge on any atom is -0.275 e. The topological polar surface area (TPSA) is 60.7 Å². The molecule has 0 bridgehead atoms. The first-order valence-electron chi connectivity index (χ1n) is 4.55. The summed E-state index contributed by atoms with van der Waals surface area (Å²) in [5.41, 5.74) is 2.50. The van der Waals surface area contributed by atoms with E-state index in [4.69, 9.17) is 11.6 Å². The monoisotopic (exact) mass is 256 g/mol. The van der Waals surface area contributed by atoms with E-state index in [-0.39, 0.29) is 0 Å². The molecule has 0 aliphatic rings. The van der Waals surface area contributed by atoms with Gasteiger partial charge in [-0.2, -0.15) is 5.10 Å². The van der Waals surface area contributed by atoms with E-state index in [2.05, 4.69) is 14.7 Å². The third-order valence-electron chi connectivity index (χ3n) is 2.29. The van der Waals surface area contributed by atoms with Crippen LogP contribution in [0, 0.1) is 13.8 Å². The molecule has 0 saturated carbocycles. The summed E-state index contributed by atoms with van der Waals surface area (Å²) in [5, 5.41) is 7.60. The highest BCUT2D eigenvalue weighted by molar-refractivity contribution is 7.09. The Labute approximate surface area is 101 Å². The van der Waals surface area contributed by atoms with Gasteiger partial charge >= 0.3 is 0 Å². The first kappa shape index (κ1) is 11.2. The summed E-state index contributed by atoms with van der Waals surface area (Å²) in [4.78, 5) is 12.2. The Kier molecular flexibility index (Phi) is 2.77. The number of aryl methyl sites for hydroxylation is 3. The number of aromatic nitrogens is 4. The standard InChI is InChI=1S/C9H9ClN4OS/c1-4-6(9(10)15)7(14(3)12-4)8-5(2)11-13-16-8/h1-3H3. The average molecular weight is 257 g/mol. The molecule has 84 valence electrons. The Morgan fingerprint density at radius 1 is 1.38 bits per heavy atom. The lowest BCUT2D eigenvalue weighted by atomic mass is 10.1. The number of rotatable bonds is 2. The highest BCUT2D eigenvalue weighted by atomic mass is 35.5. The summed E-state index contributed by atoms with van der Waals surface area (Å²) < 4.78 is 5.48. The summed E-state index contributed by atoms with van der Waals surface area (Å²) in [6.45, 7) is 3.59. The molecule has 5 nitrogen and oxygen atoms in total. The number of halogens is 1. The molecule has 16 heavy (non-hydrogen) atoms. The summed E-state index contributed by atoms with van der Waals surface area (Å²) >= 11 is 6.80. The van der Waals surface area contributed by atoms with Crippen LogP contribution in [-0.4, -0.2) is 24.6 Å². The molecule has 2 aromatic heterocycles. The molecule has 0 fully saturated rings. The van der Waals surface area contributed by atoms with Crippen LogP contribution in [0.3, 0.4) is 0 Å². The fourth-order valence-electron chi connectivity index (χ4n) is 1.60. The van der Waals surface area contributed by atoms with Gasteiger partial charge in [-0.25, -0.2) is 0 Å². The van der Waals surface area contributed by atoms with Crippen molar-refractivity contribution in [3.05, 3.63) is 17.0 Å². The van der Waals surface area contributed by atoms with Crippen molar-refractivity contribution >= 4 is 28.4 Å². The number of carbonyl (C=O) groups is 1. The molecule has 2 rings (SSSR count). The van der Waals surface area contributed by atoms with E-state index in [1.54, 1.807) is 18.7 Å². The molecule has 0 aliphatic heterocycles. The molecule has 2 aromatic rings. The van der Waals surface area contributed by atoms with E-state index in [0.29, 0.717) is 17.0 Å². The van der Waals surface area contributed by atoms with E-state index in [9.17, 15) is 4.79 Å². The third-order valence-corrected chi connectivity index (χ3v) is 3.31. The molecule has 0 aromatic carbocycles. The molecular weight excluding hydrogens is 248 g/mol. The molecule has 0 atom stereocenters. The fourth-order valence-corrected chi connectivity index (χ4v) is 2.57. The number of nitrogens with zero attached hydrogens (tertiary/aromatic N) is 4. The zero-order chi connectivity index (χ0) is 11.9. The van der Waals surface area contributed by atoms with Gasteiger partial charge in [0.1, 0.15) is 0 Å². The second kappa shape index (κ2) is 3.95. The molecule has 0 spiro atoms. The summed E-state index contributed by atoms with van der Waals surface area (Å²) in [7, 11) is 1.77. The second-order valence-electron chi connectivity index (χ2n) is 3.39. The van der Waals surface area contributed by atoms with Gasteiger partial charge in [0.05, 0.1) is 27.5 Å². The molecule has 0 saturated heterocycles. The first-order chi connectivity index (χ1) is 7.52. The van der Waals surface area contributed by atoms with Gasteiger partial charge in [0, 0.05) is 7.05 Å². The van der Waals surface area contributed by atoms with E-state index >= 15 is 0 Å². The first-order valence-corrected chi connectivity index (χ1v) is 5.70. The maximum absolute atomic E-state index is 11.4. The minimum atomic E-state index is -0.506. The van der Waals surface area contributed by atoms with Gasteiger partial charge in [0.25, 0.3) is 5.24 Å². The molecule has 0 N–H and O–H groups in total. The smallest absolute Gasteiger partial charge is 0.256 e. The third kappa shape index (κ3) is 1.64. The summed E-state index contributed by atoms with van der Waals surface area (Å²) in [6, 6.07) is 0. The van der Waals surface area contributed by atoms with Gasteiger partial charge in [-0.1, -0.05) is 4.49 Å². The van der Waals surface area contributed by atoms with Crippen LogP contribution >= 0.6 is 23.1 Å². The van der Waals surface area contributed by atoms with Gasteiger partial charge in [0.15, 0.2) is 0 Å². The van der Waals surface area contributed by atoms with Crippen molar-refractivity contribution in [2.24, 2.45) is 7.05 Å². The molecule has 2 heterocycles. The average Bonchev–Trinajstić information content (AvgIpc) is 2.69. The van der Waals surface area contributed by atoms with Crippen molar-refractivity contribution in [1.29, 1.82) is 0 Å². The van der Waals surface area contributed by atoms with E-state index in [0.717, 1.165) is 10.6 Å². The molecule has 0 unspecified atom stereocenters. The summed E-state index contributed by atoms with van der Waals surface area (Å²) in [5.74, 6) is 0. The van der Waals surface area contributed by atoms with Gasteiger partial charge in [-0.3, -0.25) is 9.48 Å². The Morgan fingerprint density at radius 3 is 2.56 bits per heavy atom. The van der Waals surface area contributed by atoms with Crippen LogP contribution in [-0.2, 0) is 7.05 Å². The van der Waals surface area contributed by atoms with Gasteiger partial charge in [-0.15, -0.1) is 5.10 Å². The SMILES string of the molecule is Cc1nnsc1-c1c(C(=O)Cl)c(C)nn1C. The molecular formula is C9H9ClN4OS. The highest BCUT2D eigenvalue weighted by Gasteiger charge is 2.22. The van der Waals surface area contributed by atoms with Crippen LogP contribution in [0.5, 0.6) is 0 Å². The van der Waals surface area contributed by atoms with E-state index < -0.39 is 5.24 Å². The predicted octanol–water partition coefficient (Wildman–Crippen LogP) is 1.93. The van der Waals surface area contributed by atoms with Crippen LogP contribution in [0.25, 0.3) is 10.6 Å². The Morgan fingerprint density at radius 2 is 2.06 bits per heavy atom. The summed E-state index contributed by atoms with van der Waals surface area (Å²) in [6.07, 6.45) is 0. The van der Waals surface area contributed by atoms with Crippen LogP contribution in [0.15, 0.2) is 0 Å². The van der Waals surface area contributed by atoms with Crippen molar-refractivity contribution < 1.29 is 4.79 Å². The van der Waals surface area contributed by atoms with Crippen molar-refractivity contribution in [3.63, 3.8) is 0 Å². The Balaban J connectivity index is 2.74. The lowest BCUT2D eigenvalue weighted by molar-refractivity contribution is 0.108. The minimum absolute atomic E-state index is 0.429. The lowest BCUT2D eigenvalue weighted by Crippen LogP contribution is -1.97. The maximum atomic E-state index is 11.4. The van der Waals surface area contributed by atoms with Gasteiger partial charge in [-0.05, 0) is 37.0 Å². The second-order valence-corrected chi connectivity index (χ2v) is 4.49. The fraction of sp³-hybridized carbons (Fsp3) is 0.333. The van der Waals surface area contributed by atoms with Gasteiger partial charge in [0.2, 0.25) is 0 Å². The van der Waals surface area contributed by atoms with Crippen LogP contribution in [0.1, 0.15) is 21.7 Å². The number of hydrogen-bond acceptors (Lipinski definition) is 5. The zero-order valence-electron chi connectivity index (χ0n) is 8.98. The highest BCUT2D eigenvalue weighted by Crippen LogP contribution is 2.31. The lowest BCUT2D eigenvalue weighted by Gasteiger charge is -2.00. The molecule has 0 aliphatic carbocycles. The number of carbonyl (C=O) groups excluding carboxylic acids is 1. The van der Waals surface area contributed by atoms with E-state index in [1.807, 2.05) is 6.92 Å². The van der Waals surface area contributed by atoms with Crippen LogP contribution < -0.4 is 0 Å². The van der Waals surface area contributed by atoms with Crippen molar-refractivity contribution in [3.8, 4) is 10.6 Å². The zero-order valence-corrected chi connectivity index (χ0v) is 10.6. The number of hydrogen-bond donors (Lipinski definition) is 0. The Hall–Kier alpha value is -1.27. The van der Waals surface area contributed by atoms with Gasteiger partial charge < -0.3 is 0 Å². The van der Waals surface area contributed by atoms with E-state index in [1.165, 1.54) is 11.5 Å². The molecule has 0 radical (unpaired) electrons.